The summed E-state index contributed by atoms with van der Waals surface area (Å²) >= 11 is 0. The van der Waals surface area contributed by atoms with Gasteiger partial charge >= 0.3 is 5.97 Å². The zero-order chi connectivity index (χ0) is 20.1. The number of fused-ring (bicyclic) bond motifs is 1. The van der Waals surface area contributed by atoms with Crippen molar-refractivity contribution in [3.8, 4) is 0 Å². The predicted molar refractivity (Wildman–Crippen MR) is 99.6 cm³/mol. The average Bonchev–Trinajstić information content (AvgIpc) is 2.72. The standard InChI is InChI=1S/C19H16N4O5/c1-28-19(25)17(10-13-11-20-15-7-2-3-8-16(15)21-13)22-18(24)12-5-4-6-14(9-12)23(26)27/h2-9,11,17H,10H2,1H3,(H,22,24)/t17-/m0/s1. The van der Waals surface area contributed by atoms with Gasteiger partial charge in [-0.25, -0.2) is 9.78 Å². The lowest BCUT2D eigenvalue weighted by molar-refractivity contribution is -0.384. The molecular formula is C19H16N4O5. The van der Waals surface area contributed by atoms with Crippen molar-refractivity contribution < 1.29 is 19.2 Å². The number of nitrogens with zero attached hydrogens (tertiary/aromatic N) is 3. The molecule has 1 heterocycles. The number of benzene rings is 2. The number of carbonyl (C=O) groups excluding carboxylic acids is 2. The number of esters is 1. The Morgan fingerprint density at radius 2 is 1.93 bits per heavy atom. The van der Waals surface area contributed by atoms with Crippen molar-refractivity contribution in [3.05, 3.63) is 76.1 Å². The second-order valence-electron chi connectivity index (χ2n) is 5.91. The molecule has 0 saturated carbocycles. The van der Waals surface area contributed by atoms with E-state index in [1.54, 1.807) is 6.07 Å². The van der Waals surface area contributed by atoms with E-state index in [1.807, 2.05) is 18.2 Å². The maximum absolute atomic E-state index is 12.5. The molecule has 1 amide bonds. The summed E-state index contributed by atoms with van der Waals surface area (Å²) in [7, 11) is 1.21. The van der Waals surface area contributed by atoms with E-state index in [-0.39, 0.29) is 17.7 Å². The zero-order valence-electron chi connectivity index (χ0n) is 14.9. The van der Waals surface area contributed by atoms with E-state index in [0.717, 1.165) is 6.07 Å². The number of nitro groups is 1. The summed E-state index contributed by atoms with van der Waals surface area (Å²) in [5, 5.41) is 13.4. The number of methoxy groups -OCH3 is 1. The van der Waals surface area contributed by atoms with Crippen LogP contribution >= 0.6 is 0 Å². The summed E-state index contributed by atoms with van der Waals surface area (Å²) in [5.41, 5.74) is 1.71. The molecule has 9 nitrogen and oxygen atoms in total. The van der Waals surface area contributed by atoms with Crippen LogP contribution in [0, 0.1) is 10.1 Å². The van der Waals surface area contributed by atoms with Crippen LogP contribution in [0.25, 0.3) is 11.0 Å². The maximum Gasteiger partial charge on any atom is 0.328 e. The summed E-state index contributed by atoms with van der Waals surface area (Å²) in [6, 6.07) is 11.5. The number of nitro benzene ring substituents is 1. The van der Waals surface area contributed by atoms with E-state index >= 15 is 0 Å². The van der Waals surface area contributed by atoms with Gasteiger partial charge in [-0.2, -0.15) is 0 Å². The van der Waals surface area contributed by atoms with Crippen molar-refractivity contribution in [2.45, 2.75) is 12.5 Å². The lowest BCUT2D eigenvalue weighted by Gasteiger charge is -2.16. The third-order valence-electron chi connectivity index (χ3n) is 4.02. The highest BCUT2D eigenvalue weighted by Crippen LogP contribution is 2.14. The zero-order valence-corrected chi connectivity index (χ0v) is 14.9. The van der Waals surface area contributed by atoms with Crippen LogP contribution < -0.4 is 5.32 Å². The smallest absolute Gasteiger partial charge is 0.328 e. The Kier molecular flexibility index (Phi) is 5.54. The number of para-hydroxylation sites is 2. The molecule has 0 aliphatic carbocycles. The second-order valence-corrected chi connectivity index (χ2v) is 5.91. The van der Waals surface area contributed by atoms with Crippen LogP contribution in [0.2, 0.25) is 0 Å². The van der Waals surface area contributed by atoms with E-state index in [9.17, 15) is 19.7 Å². The first kappa shape index (κ1) is 18.9. The molecule has 9 heteroatoms. The van der Waals surface area contributed by atoms with Gasteiger partial charge in [0.2, 0.25) is 0 Å². The molecule has 0 saturated heterocycles. The van der Waals surface area contributed by atoms with Gasteiger partial charge in [0.05, 0.1) is 28.8 Å². The van der Waals surface area contributed by atoms with Gasteiger partial charge in [-0.15, -0.1) is 0 Å². The van der Waals surface area contributed by atoms with Gasteiger partial charge in [-0.3, -0.25) is 19.9 Å². The summed E-state index contributed by atoms with van der Waals surface area (Å²) < 4.78 is 4.76. The van der Waals surface area contributed by atoms with Gasteiger partial charge in [0, 0.05) is 30.3 Å². The van der Waals surface area contributed by atoms with E-state index in [4.69, 9.17) is 4.74 Å². The van der Waals surface area contributed by atoms with E-state index in [2.05, 4.69) is 15.3 Å². The highest BCUT2D eigenvalue weighted by molar-refractivity contribution is 5.97. The topological polar surface area (TPSA) is 124 Å². The Bertz CT molecular complexity index is 1050. The molecule has 28 heavy (non-hydrogen) atoms. The summed E-state index contributed by atoms with van der Waals surface area (Å²) in [6.07, 6.45) is 1.59. The van der Waals surface area contributed by atoms with Crippen LogP contribution in [0.3, 0.4) is 0 Å². The molecular weight excluding hydrogens is 364 g/mol. The van der Waals surface area contributed by atoms with Gasteiger partial charge in [0.25, 0.3) is 11.6 Å². The maximum atomic E-state index is 12.5. The Morgan fingerprint density at radius 3 is 2.64 bits per heavy atom. The molecule has 3 rings (SSSR count). The molecule has 0 unspecified atom stereocenters. The van der Waals surface area contributed by atoms with Crippen molar-refractivity contribution in [3.63, 3.8) is 0 Å². The predicted octanol–water partition coefficient (Wildman–Crippen LogP) is 2.05. The van der Waals surface area contributed by atoms with Crippen LogP contribution in [-0.2, 0) is 16.0 Å². The Balaban J connectivity index is 1.81. The number of hydrogen-bond acceptors (Lipinski definition) is 7. The number of nitrogens with one attached hydrogen (secondary N) is 1. The number of aromatic nitrogens is 2. The summed E-state index contributed by atoms with van der Waals surface area (Å²) in [4.78, 5) is 43.6. The van der Waals surface area contributed by atoms with Crippen LogP contribution in [0.4, 0.5) is 5.69 Å². The van der Waals surface area contributed by atoms with Gasteiger partial charge in [0.15, 0.2) is 0 Å². The fraction of sp³-hybridized carbons (Fsp3) is 0.158. The summed E-state index contributed by atoms with van der Waals surface area (Å²) in [6.45, 7) is 0. The van der Waals surface area contributed by atoms with Crippen LogP contribution in [0.5, 0.6) is 0 Å². The highest BCUT2D eigenvalue weighted by atomic mass is 16.6. The molecule has 0 fully saturated rings. The second kappa shape index (κ2) is 8.21. The first-order valence-electron chi connectivity index (χ1n) is 8.31. The molecule has 142 valence electrons. The van der Waals surface area contributed by atoms with Crippen LogP contribution in [0.1, 0.15) is 16.1 Å². The van der Waals surface area contributed by atoms with Gasteiger partial charge in [-0.1, -0.05) is 18.2 Å². The van der Waals surface area contributed by atoms with Crippen molar-refractivity contribution in [1.29, 1.82) is 0 Å². The largest absolute Gasteiger partial charge is 0.467 e. The normalized spacial score (nSPS) is 11.6. The Labute approximate surface area is 159 Å². The molecule has 1 atom stereocenters. The van der Waals surface area contributed by atoms with Crippen molar-refractivity contribution >= 4 is 28.6 Å². The van der Waals surface area contributed by atoms with Crippen molar-refractivity contribution in [1.82, 2.24) is 15.3 Å². The Hall–Kier alpha value is -3.88. The first-order chi connectivity index (χ1) is 13.5. The number of ether oxygens (including phenoxy) is 1. The minimum atomic E-state index is -1.02. The Morgan fingerprint density at radius 1 is 1.18 bits per heavy atom. The molecule has 0 spiro atoms. The fourth-order valence-electron chi connectivity index (χ4n) is 2.64. The average molecular weight is 380 g/mol. The number of carbonyl (C=O) groups is 2. The quantitative estimate of drug-likeness (QED) is 0.394. The SMILES string of the molecule is COC(=O)[C@H](Cc1cnc2ccccc2n1)NC(=O)c1cccc([N+](=O)[O-])c1. The molecule has 2 aromatic carbocycles. The monoisotopic (exact) mass is 380 g/mol. The van der Waals surface area contributed by atoms with E-state index in [0.29, 0.717) is 16.7 Å². The van der Waals surface area contributed by atoms with Gasteiger partial charge < -0.3 is 10.1 Å². The van der Waals surface area contributed by atoms with Gasteiger partial charge in [-0.05, 0) is 18.2 Å². The van der Waals surface area contributed by atoms with Crippen LogP contribution in [0.15, 0.2) is 54.7 Å². The minimum Gasteiger partial charge on any atom is -0.467 e. The first-order valence-corrected chi connectivity index (χ1v) is 8.31. The third kappa shape index (κ3) is 4.26. The molecule has 0 bridgehead atoms. The highest BCUT2D eigenvalue weighted by Gasteiger charge is 2.24. The summed E-state index contributed by atoms with van der Waals surface area (Å²) in [5.74, 6) is -1.29. The molecule has 0 radical (unpaired) electrons. The van der Waals surface area contributed by atoms with E-state index in [1.165, 1.54) is 31.5 Å². The van der Waals surface area contributed by atoms with Gasteiger partial charge in [0.1, 0.15) is 6.04 Å². The lowest BCUT2D eigenvalue weighted by Crippen LogP contribution is -2.43. The molecule has 0 aliphatic rings. The number of amides is 1. The van der Waals surface area contributed by atoms with Crippen molar-refractivity contribution in [2.24, 2.45) is 0 Å². The fourth-order valence-corrected chi connectivity index (χ4v) is 2.64. The van der Waals surface area contributed by atoms with Crippen LogP contribution in [-0.4, -0.2) is 39.9 Å². The molecule has 3 aromatic rings. The minimum absolute atomic E-state index is 0.0607. The van der Waals surface area contributed by atoms with E-state index < -0.39 is 22.8 Å². The molecule has 1 N–H and O–H groups in total. The number of hydrogen-bond donors (Lipinski definition) is 1. The third-order valence-corrected chi connectivity index (χ3v) is 4.02. The molecule has 1 aromatic heterocycles. The van der Waals surface area contributed by atoms with Crippen molar-refractivity contribution in [2.75, 3.05) is 7.11 Å². The lowest BCUT2D eigenvalue weighted by atomic mass is 10.1. The number of rotatable bonds is 6. The number of non-ortho nitro benzene ring substituents is 1. The molecule has 0 aliphatic heterocycles.